The number of rotatable bonds is 5. The normalized spacial score (nSPS) is 35.4. The second-order valence-electron chi connectivity index (χ2n) is 8.21. The molecule has 2 saturated carbocycles. The quantitative estimate of drug-likeness (QED) is 0.599. The SMILES string of the molecule is C=C1CCC2C(CO)(CO)CCCC2(C)C1CCC1=CCOC1=O. The average molecular weight is 334 g/mol. The van der Waals surface area contributed by atoms with Crippen LogP contribution in [0.25, 0.3) is 0 Å². The second-order valence-corrected chi connectivity index (χ2v) is 8.21. The van der Waals surface area contributed by atoms with Crippen molar-refractivity contribution in [3.05, 3.63) is 23.8 Å². The Morgan fingerprint density at radius 1 is 1.33 bits per heavy atom. The van der Waals surface area contributed by atoms with Crippen molar-refractivity contribution < 1.29 is 19.7 Å². The van der Waals surface area contributed by atoms with Crippen LogP contribution in [0.3, 0.4) is 0 Å². The maximum Gasteiger partial charge on any atom is 0.334 e. The molecule has 4 heteroatoms. The summed E-state index contributed by atoms with van der Waals surface area (Å²) in [6.45, 7) is 7.16. The van der Waals surface area contributed by atoms with E-state index in [1.165, 1.54) is 5.57 Å². The van der Waals surface area contributed by atoms with Gasteiger partial charge in [-0.2, -0.15) is 0 Å². The smallest absolute Gasteiger partial charge is 0.334 e. The van der Waals surface area contributed by atoms with Gasteiger partial charge < -0.3 is 14.9 Å². The van der Waals surface area contributed by atoms with Crippen molar-refractivity contribution in [2.75, 3.05) is 19.8 Å². The molecule has 4 nitrogen and oxygen atoms in total. The summed E-state index contributed by atoms with van der Waals surface area (Å²) in [7, 11) is 0. The third kappa shape index (κ3) is 2.74. The highest BCUT2D eigenvalue weighted by molar-refractivity contribution is 5.90. The first kappa shape index (κ1) is 17.7. The summed E-state index contributed by atoms with van der Waals surface area (Å²) in [6, 6.07) is 0. The number of allylic oxidation sites excluding steroid dienone is 1. The first-order valence-corrected chi connectivity index (χ1v) is 9.22. The van der Waals surface area contributed by atoms with Gasteiger partial charge in [0.1, 0.15) is 6.61 Å². The molecule has 2 fully saturated rings. The van der Waals surface area contributed by atoms with Crippen molar-refractivity contribution in [1.29, 1.82) is 0 Å². The number of carbonyl (C=O) groups excluding carboxylic acids is 1. The van der Waals surface area contributed by atoms with Gasteiger partial charge in [-0.15, -0.1) is 0 Å². The lowest BCUT2D eigenvalue weighted by Gasteiger charge is -2.59. The molecule has 3 atom stereocenters. The number of cyclic esters (lactones) is 1. The number of hydrogen-bond acceptors (Lipinski definition) is 4. The van der Waals surface area contributed by atoms with E-state index in [4.69, 9.17) is 4.74 Å². The molecule has 0 bridgehead atoms. The number of hydrogen-bond donors (Lipinski definition) is 2. The molecule has 3 aliphatic rings. The van der Waals surface area contributed by atoms with E-state index >= 15 is 0 Å². The third-order valence-corrected chi connectivity index (χ3v) is 7.11. The predicted octanol–water partition coefficient (Wildman–Crippen LogP) is 2.99. The van der Waals surface area contributed by atoms with E-state index in [0.29, 0.717) is 18.4 Å². The zero-order chi connectivity index (χ0) is 17.4. The molecule has 0 aromatic heterocycles. The maximum atomic E-state index is 11.7. The van der Waals surface area contributed by atoms with E-state index < -0.39 is 0 Å². The van der Waals surface area contributed by atoms with Crippen LogP contribution < -0.4 is 0 Å². The summed E-state index contributed by atoms with van der Waals surface area (Å²) >= 11 is 0. The molecule has 3 unspecified atom stereocenters. The minimum absolute atomic E-state index is 0.0438. The summed E-state index contributed by atoms with van der Waals surface area (Å²) in [5.74, 6) is 0.471. The Kier molecular flexibility index (Phi) is 4.89. The summed E-state index contributed by atoms with van der Waals surface area (Å²) in [5, 5.41) is 20.1. The van der Waals surface area contributed by atoms with Gasteiger partial charge >= 0.3 is 5.97 Å². The predicted molar refractivity (Wildman–Crippen MR) is 92.2 cm³/mol. The minimum atomic E-state index is -0.364. The fourth-order valence-corrected chi connectivity index (χ4v) is 5.75. The molecule has 0 amide bonds. The maximum absolute atomic E-state index is 11.7. The number of esters is 1. The Hall–Kier alpha value is -1.13. The Balaban J connectivity index is 1.82. The van der Waals surface area contributed by atoms with Crippen molar-refractivity contribution >= 4 is 5.97 Å². The highest BCUT2D eigenvalue weighted by Gasteiger charge is 2.55. The van der Waals surface area contributed by atoms with Crippen molar-refractivity contribution in [3.8, 4) is 0 Å². The van der Waals surface area contributed by atoms with E-state index in [1.54, 1.807) is 0 Å². The standard InChI is InChI=1S/C20H30O4/c1-14-4-7-17-19(2,9-3-10-20(17,12-21)13-22)16(14)6-5-15-8-11-24-18(15)23/h8,16-17,21-22H,1,3-7,9-13H2,2H3. The first-order valence-electron chi connectivity index (χ1n) is 9.22. The highest BCUT2D eigenvalue weighted by atomic mass is 16.5. The minimum Gasteiger partial charge on any atom is -0.458 e. The molecule has 24 heavy (non-hydrogen) atoms. The molecule has 0 spiro atoms. The van der Waals surface area contributed by atoms with Crippen LogP contribution in [0.4, 0.5) is 0 Å². The van der Waals surface area contributed by atoms with Gasteiger partial charge in [0.05, 0.1) is 13.2 Å². The van der Waals surface area contributed by atoms with Gasteiger partial charge in [0, 0.05) is 11.0 Å². The van der Waals surface area contributed by atoms with Gasteiger partial charge in [0.25, 0.3) is 0 Å². The topological polar surface area (TPSA) is 66.8 Å². The Labute approximate surface area is 144 Å². The Morgan fingerprint density at radius 3 is 2.71 bits per heavy atom. The van der Waals surface area contributed by atoms with Gasteiger partial charge in [0.15, 0.2) is 0 Å². The summed E-state index contributed by atoms with van der Waals surface area (Å²) in [6.07, 6.45) is 8.51. The molecular weight excluding hydrogens is 304 g/mol. The van der Waals surface area contributed by atoms with Gasteiger partial charge in [-0.25, -0.2) is 4.79 Å². The number of carbonyl (C=O) groups is 1. The van der Waals surface area contributed by atoms with Crippen molar-refractivity contribution in [3.63, 3.8) is 0 Å². The molecule has 134 valence electrons. The average Bonchev–Trinajstić information content (AvgIpc) is 2.98. The number of ether oxygens (including phenoxy) is 1. The van der Waals surface area contributed by atoms with Gasteiger partial charge in [-0.3, -0.25) is 0 Å². The number of aliphatic hydroxyl groups excluding tert-OH is 2. The number of fused-ring (bicyclic) bond motifs is 1. The highest BCUT2D eigenvalue weighted by Crippen LogP contribution is 2.61. The fourth-order valence-electron chi connectivity index (χ4n) is 5.75. The van der Waals surface area contributed by atoms with E-state index in [0.717, 1.165) is 50.5 Å². The Bertz CT molecular complexity index is 546. The van der Waals surface area contributed by atoms with Crippen molar-refractivity contribution in [1.82, 2.24) is 0 Å². The molecule has 2 N–H and O–H groups in total. The van der Waals surface area contributed by atoms with E-state index in [9.17, 15) is 15.0 Å². The van der Waals surface area contributed by atoms with Crippen LogP contribution in [0.2, 0.25) is 0 Å². The van der Waals surface area contributed by atoms with E-state index in [2.05, 4.69) is 13.5 Å². The van der Waals surface area contributed by atoms with Gasteiger partial charge in [-0.05, 0) is 61.9 Å². The molecule has 0 radical (unpaired) electrons. The van der Waals surface area contributed by atoms with Crippen LogP contribution >= 0.6 is 0 Å². The molecule has 0 aromatic carbocycles. The molecule has 1 heterocycles. The van der Waals surface area contributed by atoms with Crippen LogP contribution in [-0.2, 0) is 9.53 Å². The number of aliphatic hydroxyl groups is 2. The zero-order valence-corrected chi connectivity index (χ0v) is 14.7. The van der Waals surface area contributed by atoms with Crippen LogP contribution in [0.5, 0.6) is 0 Å². The summed E-state index contributed by atoms with van der Waals surface area (Å²) in [5.41, 5.74) is 1.74. The van der Waals surface area contributed by atoms with Crippen molar-refractivity contribution in [2.24, 2.45) is 22.7 Å². The van der Waals surface area contributed by atoms with Crippen LogP contribution in [0.1, 0.15) is 51.9 Å². The molecule has 0 saturated heterocycles. The largest absolute Gasteiger partial charge is 0.458 e. The van der Waals surface area contributed by atoms with Crippen LogP contribution in [0, 0.1) is 22.7 Å². The Morgan fingerprint density at radius 2 is 2.08 bits per heavy atom. The van der Waals surface area contributed by atoms with Crippen LogP contribution in [0.15, 0.2) is 23.8 Å². The molecule has 2 aliphatic carbocycles. The summed E-state index contributed by atoms with van der Waals surface area (Å²) < 4.78 is 5.01. The third-order valence-electron chi connectivity index (χ3n) is 7.11. The monoisotopic (exact) mass is 334 g/mol. The van der Waals surface area contributed by atoms with Crippen LogP contribution in [-0.4, -0.2) is 36.0 Å². The molecule has 3 rings (SSSR count). The lowest BCUT2D eigenvalue weighted by Crippen LogP contribution is -2.54. The summed E-state index contributed by atoms with van der Waals surface area (Å²) in [4.78, 5) is 11.7. The van der Waals surface area contributed by atoms with E-state index in [-0.39, 0.29) is 30.0 Å². The lowest BCUT2D eigenvalue weighted by atomic mass is 9.46. The van der Waals surface area contributed by atoms with E-state index in [1.807, 2.05) is 6.08 Å². The molecule has 1 aliphatic heterocycles. The molecule has 0 aromatic rings. The fraction of sp³-hybridized carbons (Fsp3) is 0.750. The molecular formula is C20H30O4. The first-order chi connectivity index (χ1) is 11.5. The van der Waals surface area contributed by atoms with Gasteiger partial charge in [0.2, 0.25) is 0 Å². The lowest BCUT2D eigenvalue weighted by molar-refractivity contribution is -0.136. The second kappa shape index (κ2) is 6.64. The van der Waals surface area contributed by atoms with Crippen molar-refractivity contribution in [2.45, 2.75) is 51.9 Å². The van der Waals surface area contributed by atoms with Gasteiger partial charge in [-0.1, -0.05) is 25.5 Å². The zero-order valence-electron chi connectivity index (χ0n) is 14.7.